The molecule has 0 radical (unpaired) electrons. The summed E-state index contributed by atoms with van der Waals surface area (Å²) >= 11 is 5.22. The predicted octanol–water partition coefficient (Wildman–Crippen LogP) is -1.77. The van der Waals surface area contributed by atoms with E-state index < -0.39 is 87.8 Å². The fourth-order valence-corrected chi connectivity index (χ4v) is 7.89. The van der Waals surface area contributed by atoms with Gasteiger partial charge in [0.05, 0.1) is 36.8 Å². The van der Waals surface area contributed by atoms with Crippen LogP contribution in [0.4, 0.5) is 5.95 Å². The van der Waals surface area contributed by atoms with Gasteiger partial charge in [-0.2, -0.15) is 4.98 Å². The third kappa shape index (κ3) is 5.60. The number of anilines is 1. The Kier molecular flexibility index (Phi) is 7.92. The minimum Gasteiger partial charge on any atom is -0.387 e. The lowest BCUT2D eigenvalue weighted by molar-refractivity contribution is -0.0607. The molecule has 24 heteroatoms. The molecule has 246 valence electrons. The highest BCUT2D eigenvalue weighted by molar-refractivity contribution is 8.07. The van der Waals surface area contributed by atoms with Gasteiger partial charge in [0.15, 0.2) is 17.4 Å². The number of rotatable bonds is 2. The molecule has 21 nitrogen and oxygen atoms in total. The van der Waals surface area contributed by atoms with E-state index in [4.69, 9.17) is 45.1 Å². The lowest BCUT2D eigenvalue weighted by atomic mass is 10.0. The number of aromatic nitrogens is 7. The van der Waals surface area contributed by atoms with Crippen molar-refractivity contribution >= 4 is 54.4 Å². The number of imidazole rings is 1. The molecule has 4 unspecified atom stereocenters. The number of pyridine rings is 1. The van der Waals surface area contributed by atoms with Crippen molar-refractivity contribution in [2.75, 3.05) is 18.9 Å². The Morgan fingerprint density at radius 2 is 1.76 bits per heavy atom. The molecule has 46 heavy (non-hydrogen) atoms. The van der Waals surface area contributed by atoms with Crippen LogP contribution in [0.1, 0.15) is 17.9 Å². The number of hydrogen-bond acceptors (Lipinski definition) is 17. The van der Waals surface area contributed by atoms with Gasteiger partial charge in [-0.1, -0.05) is 0 Å². The van der Waals surface area contributed by atoms with Gasteiger partial charge in [0.1, 0.15) is 42.7 Å². The number of aliphatic hydroxyl groups excluding tert-OH is 2. The molecular weight excluding hydrogens is 678 g/mol. The fourth-order valence-electron chi connectivity index (χ4n) is 5.51. The number of phosphoric ester groups is 1. The first-order chi connectivity index (χ1) is 21.8. The summed E-state index contributed by atoms with van der Waals surface area (Å²) < 4.78 is 47.8. The highest BCUT2D eigenvalue weighted by atomic mass is 32.5. The van der Waals surface area contributed by atoms with E-state index in [1.165, 1.54) is 17.0 Å². The van der Waals surface area contributed by atoms with Gasteiger partial charge in [0, 0.05) is 18.0 Å². The molecule has 7 heterocycles. The number of hydrogen-bond donors (Lipinski definition) is 7. The molecule has 0 amide bonds. The second-order valence-electron chi connectivity index (χ2n) is 10.4. The van der Waals surface area contributed by atoms with Crippen LogP contribution < -0.4 is 16.9 Å². The fraction of sp³-hybridized carbons (Fsp3) is 0.455. The Labute approximate surface area is 260 Å². The van der Waals surface area contributed by atoms with Crippen molar-refractivity contribution in [3.8, 4) is 0 Å². The first-order valence-corrected chi connectivity index (χ1v) is 17.4. The summed E-state index contributed by atoms with van der Waals surface area (Å²) in [6.45, 7) is -5.72. The number of nitrogen functional groups attached to an aromatic ring is 1. The Hall–Kier alpha value is -3.08. The largest absolute Gasteiger partial charge is 0.472 e. The van der Waals surface area contributed by atoms with Crippen molar-refractivity contribution in [2.45, 2.75) is 49.0 Å². The Morgan fingerprint density at radius 3 is 2.57 bits per heavy atom. The maximum absolute atomic E-state index is 13.1. The third-order valence-electron chi connectivity index (χ3n) is 7.57. The van der Waals surface area contributed by atoms with Crippen LogP contribution in [0.15, 0.2) is 34.6 Å². The molecule has 3 saturated heterocycles. The van der Waals surface area contributed by atoms with E-state index in [1.807, 2.05) is 0 Å². The zero-order valence-corrected chi connectivity index (χ0v) is 25.5. The van der Waals surface area contributed by atoms with Crippen molar-refractivity contribution in [1.82, 2.24) is 34.5 Å². The molecule has 7 rings (SSSR count). The minimum atomic E-state index is -5.04. The van der Waals surface area contributed by atoms with Gasteiger partial charge in [-0.3, -0.25) is 37.7 Å². The molecule has 4 aromatic heterocycles. The van der Waals surface area contributed by atoms with E-state index >= 15 is 0 Å². The average Bonchev–Trinajstić information content (AvgIpc) is 3.64. The van der Waals surface area contributed by atoms with Crippen molar-refractivity contribution in [1.29, 1.82) is 0 Å². The molecule has 3 fully saturated rings. The maximum atomic E-state index is 13.1. The number of aliphatic hydroxyl groups is 2. The van der Waals surface area contributed by atoms with Gasteiger partial charge < -0.3 is 44.7 Å². The summed E-state index contributed by atoms with van der Waals surface area (Å²) in [5.74, 6) is -0.250. The smallest absolute Gasteiger partial charge is 0.387 e. The quantitative estimate of drug-likeness (QED) is 0.114. The highest BCUT2D eigenvalue weighted by Crippen LogP contribution is 2.54. The highest BCUT2D eigenvalue weighted by Gasteiger charge is 2.53. The zero-order valence-electron chi connectivity index (χ0n) is 22.9. The number of phosphoric acid groups is 1. The van der Waals surface area contributed by atoms with Gasteiger partial charge >= 0.3 is 14.5 Å². The molecule has 0 aromatic carbocycles. The molecule has 10 atom stereocenters. The number of H-pyrrole nitrogens is 2. The SMILES string of the molecule is Nc1nc2c(ncn2[C@@H]2O[C@@H]3COP(=O)(O)O[C@@H]4C(O)[C@H](c5cncc6c(=O)[nH]cnc56)O[C@@H]4COP(O)(=S)O[C@H]2C3O)c(=O)[nH]1. The molecule has 4 aromatic rings. The number of nitrogens with one attached hydrogen (secondary N) is 2. The van der Waals surface area contributed by atoms with Crippen LogP contribution >= 0.6 is 14.5 Å². The Morgan fingerprint density at radius 1 is 0.978 bits per heavy atom. The van der Waals surface area contributed by atoms with Crippen LogP contribution in [0.5, 0.6) is 0 Å². The molecular formula is C22H24N8O13P2S. The zero-order chi connectivity index (χ0) is 32.5. The van der Waals surface area contributed by atoms with Crippen LogP contribution in [0, 0.1) is 0 Å². The summed E-state index contributed by atoms with van der Waals surface area (Å²) in [5.41, 5.74) is 4.60. The van der Waals surface area contributed by atoms with E-state index in [2.05, 4.69) is 29.9 Å². The number of ether oxygens (including phenoxy) is 2. The first kappa shape index (κ1) is 31.5. The van der Waals surface area contributed by atoms with Crippen molar-refractivity contribution in [3.05, 3.63) is 51.3 Å². The van der Waals surface area contributed by atoms with Crippen molar-refractivity contribution in [2.24, 2.45) is 0 Å². The Bertz CT molecular complexity index is 2040. The standard InChI is InChI=1S/C22H24N8O13P2S/c23-22-28-18-12(20(34)29-22)27-6-30(18)21-17-13(31)9(41-21)3-38-44(35,36)42-16-10(4-39-45(37,46)43-17)40-15(14(16)32)7-1-24-2-8-11(7)25-5-26-19(8)33/h1-2,5-6,9-10,13-17,21,31-32H,3-4H2,(H,35,36)(H,37,46)(H,25,26,33)(H3,23,28,29,34)/t9-,10-,13?,14?,15+,16+,17+,21-,45?/m1/s1. The van der Waals surface area contributed by atoms with E-state index in [0.717, 1.165) is 12.7 Å². The van der Waals surface area contributed by atoms with Gasteiger partial charge in [-0.25, -0.2) is 14.5 Å². The number of fused-ring (bicyclic) bond motifs is 5. The van der Waals surface area contributed by atoms with Crippen LogP contribution in [-0.2, 0) is 43.9 Å². The molecule has 0 spiro atoms. The van der Waals surface area contributed by atoms with Gasteiger partial charge in [-0.05, 0) is 11.8 Å². The predicted molar refractivity (Wildman–Crippen MR) is 154 cm³/mol. The monoisotopic (exact) mass is 702 g/mol. The van der Waals surface area contributed by atoms with Crippen LogP contribution in [0.25, 0.3) is 22.1 Å². The van der Waals surface area contributed by atoms with Gasteiger partial charge in [-0.15, -0.1) is 0 Å². The summed E-state index contributed by atoms with van der Waals surface area (Å²) in [6.07, 6.45) is -7.06. The van der Waals surface area contributed by atoms with Crippen LogP contribution in [0.3, 0.4) is 0 Å². The molecule has 3 aliphatic heterocycles. The summed E-state index contributed by atoms with van der Waals surface area (Å²) in [6, 6.07) is 0. The van der Waals surface area contributed by atoms with E-state index in [-0.39, 0.29) is 33.6 Å². The molecule has 0 saturated carbocycles. The lowest BCUT2D eigenvalue weighted by Gasteiger charge is -2.27. The second kappa shape index (κ2) is 11.6. The third-order valence-corrected chi connectivity index (χ3v) is 10.1. The molecule has 3 aliphatic rings. The van der Waals surface area contributed by atoms with E-state index in [0.29, 0.717) is 0 Å². The first-order valence-electron chi connectivity index (χ1n) is 13.3. The van der Waals surface area contributed by atoms with Gasteiger partial charge in [0.25, 0.3) is 11.1 Å². The maximum Gasteiger partial charge on any atom is 0.472 e. The van der Waals surface area contributed by atoms with Crippen molar-refractivity contribution in [3.63, 3.8) is 0 Å². The minimum absolute atomic E-state index is 0.0697. The topological polar surface area (TPSA) is 302 Å². The van der Waals surface area contributed by atoms with Crippen LogP contribution in [0.2, 0.25) is 0 Å². The number of aromatic amines is 2. The summed E-state index contributed by atoms with van der Waals surface area (Å²) in [7, 11) is -5.04. The van der Waals surface area contributed by atoms with E-state index in [9.17, 15) is 34.2 Å². The van der Waals surface area contributed by atoms with Crippen LogP contribution in [-0.4, -0.2) is 104 Å². The normalized spacial score (nSPS) is 37.0. The van der Waals surface area contributed by atoms with E-state index in [1.54, 1.807) is 0 Å². The molecule has 0 aliphatic carbocycles. The molecule has 2 bridgehead atoms. The van der Waals surface area contributed by atoms with Gasteiger partial charge in [0.2, 0.25) is 5.95 Å². The second-order valence-corrected chi connectivity index (χ2v) is 14.6. The average molecular weight is 702 g/mol. The Balaban J connectivity index is 1.22. The summed E-state index contributed by atoms with van der Waals surface area (Å²) in [5, 5.41) is 22.4. The number of nitrogens with zero attached hydrogens (tertiary/aromatic N) is 5. The number of nitrogens with two attached hydrogens (primary N) is 1. The molecule has 8 N–H and O–H groups in total. The lowest BCUT2D eigenvalue weighted by Crippen LogP contribution is -2.36. The van der Waals surface area contributed by atoms with Crippen molar-refractivity contribution < 1.29 is 52.1 Å². The summed E-state index contributed by atoms with van der Waals surface area (Å²) in [4.78, 5) is 67.3.